The lowest BCUT2D eigenvalue weighted by Gasteiger charge is -2.31. The number of imide groups is 1. The molecule has 2 saturated heterocycles. The third-order valence-electron chi connectivity index (χ3n) is 3.71. The van der Waals surface area contributed by atoms with E-state index in [0.717, 1.165) is 4.90 Å². The minimum Gasteiger partial charge on any atom is -0.354 e. The summed E-state index contributed by atoms with van der Waals surface area (Å²) < 4.78 is 0. The Morgan fingerprint density at radius 2 is 2.00 bits per heavy atom. The molecule has 112 valence electrons. The Morgan fingerprint density at radius 1 is 1.35 bits per heavy atom. The van der Waals surface area contributed by atoms with Crippen LogP contribution in [0.1, 0.15) is 26.7 Å². The van der Waals surface area contributed by atoms with Gasteiger partial charge < -0.3 is 16.0 Å². The first-order valence-electron chi connectivity index (χ1n) is 7.06. The van der Waals surface area contributed by atoms with Gasteiger partial charge >= 0.3 is 6.03 Å². The van der Waals surface area contributed by atoms with Crippen molar-refractivity contribution in [1.82, 2.24) is 20.9 Å². The van der Waals surface area contributed by atoms with Gasteiger partial charge in [0.1, 0.15) is 12.1 Å². The summed E-state index contributed by atoms with van der Waals surface area (Å²) in [7, 11) is 0. The molecule has 3 N–H and O–H groups in total. The van der Waals surface area contributed by atoms with Crippen LogP contribution >= 0.6 is 0 Å². The molecule has 0 unspecified atom stereocenters. The van der Waals surface area contributed by atoms with Crippen LogP contribution in [0.25, 0.3) is 0 Å². The second kappa shape index (κ2) is 5.78. The van der Waals surface area contributed by atoms with Crippen molar-refractivity contribution in [2.75, 3.05) is 26.2 Å². The van der Waals surface area contributed by atoms with Gasteiger partial charge in [-0.2, -0.15) is 0 Å². The largest absolute Gasteiger partial charge is 0.354 e. The lowest BCUT2D eigenvalue weighted by molar-refractivity contribution is -0.135. The number of carbonyl (C=O) groups excluding carboxylic acids is 3. The van der Waals surface area contributed by atoms with Crippen molar-refractivity contribution < 1.29 is 14.4 Å². The minimum absolute atomic E-state index is 0.202. The average molecular weight is 282 g/mol. The van der Waals surface area contributed by atoms with Crippen molar-refractivity contribution in [1.29, 1.82) is 0 Å². The molecular weight excluding hydrogens is 260 g/mol. The van der Waals surface area contributed by atoms with Crippen LogP contribution in [-0.2, 0) is 9.59 Å². The van der Waals surface area contributed by atoms with Gasteiger partial charge in [0, 0.05) is 6.54 Å². The first kappa shape index (κ1) is 14.8. The Balaban J connectivity index is 1.97. The van der Waals surface area contributed by atoms with E-state index in [1.807, 2.05) is 13.8 Å². The zero-order valence-corrected chi connectivity index (χ0v) is 12.0. The van der Waals surface area contributed by atoms with Gasteiger partial charge in [-0.1, -0.05) is 13.8 Å². The maximum absolute atomic E-state index is 12.4. The summed E-state index contributed by atoms with van der Waals surface area (Å²) in [6.45, 7) is 5.69. The van der Waals surface area contributed by atoms with Crippen molar-refractivity contribution in [3.05, 3.63) is 0 Å². The van der Waals surface area contributed by atoms with Gasteiger partial charge in [0.15, 0.2) is 0 Å². The fourth-order valence-corrected chi connectivity index (χ4v) is 2.53. The minimum atomic E-state index is -0.805. The Labute approximate surface area is 118 Å². The van der Waals surface area contributed by atoms with Crippen molar-refractivity contribution in [3.8, 4) is 0 Å². The predicted molar refractivity (Wildman–Crippen MR) is 72.9 cm³/mol. The van der Waals surface area contributed by atoms with Gasteiger partial charge in [0.2, 0.25) is 5.91 Å². The lowest BCUT2D eigenvalue weighted by atomic mass is 9.88. The second-order valence-electron chi connectivity index (χ2n) is 5.85. The van der Waals surface area contributed by atoms with Crippen LogP contribution in [0, 0.1) is 5.92 Å². The van der Waals surface area contributed by atoms with Gasteiger partial charge in [-0.3, -0.25) is 14.5 Å². The molecular formula is C13H22N4O3. The Hall–Kier alpha value is -1.63. The number of amides is 4. The Kier molecular flexibility index (Phi) is 4.27. The number of nitrogens with zero attached hydrogens (tertiary/aromatic N) is 1. The van der Waals surface area contributed by atoms with Crippen LogP contribution < -0.4 is 16.0 Å². The number of nitrogens with one attached hydrogen (secondary N) is 3. The summed E-state index contributed by atoms with van der Waals surface area (Å²) in [4.78, 5) is 37.1. The normalized spacial score (nSPS) is 21.4. The van der Waals surface area contributed by atoms with Crippen molar-refractivity contribution in [2.24, 2.45) is 5.92 Å². The van der Waals surface area contributed by atoms with Crippen LogP contribution in [0.3, 0.4) is 0 Å². The molecule has 20 heavy (non-hydrogen) atoms. The highest BCUT2D eigenvalue weighted by molar-refractivity contribution is 6.09. The molecule has 0 saturated carbocycles. The molecule has 2 fully saturated rings. The summed E-state index contributed by atoms with van der Waals surface area (Å²) in [5, 5.41) is 8.63. The third-order valence-corrected chi connectivity index (χ3v) is 3.71. The summed E-state index contributed by atoms with van der Waals surface area (Å²) >= 11 is 0. The molecule has 0 aromatic carbocycles. The Bertz CT molecular complexity index is 416. The topological polar surface area (TPSA) is 90.5 Å². The van der Waals surface area contributed by atoms with E-state index in [2.05, 4.69) is 16.0 Å². The van der Waals surface area contributed by atoms with E-state index in [-0.39, 0.29) is 18.4 Å². The standard InChI is InChI=1S/C13H22N4O3/c1-9(2)7-15-10(18)8-17-11(19)13(16-12(17)20)3-5-14-6-4-13/h9,14H,3-8H2,1-2H3,(H,15,18)(H,16,20). The smallest absolute Gasteiger partial charge is 0.325 e. The maximum Gasteiger partial charge on any atom is 0.325 e. The van der Waals surface area contributed by atoms with Crippen LogP contribution in [0.5, 0.6) is 0 Å². The summed E-state index contributed by atoms with van der Waals surface area (Å²) in [6.07, 6.45) is 1.14. The molecule has 0 aliphatic carbocycles. The molecule has 0 aromatic rings. The SMILES string of the molecule is CC(C)CNC(=O)CN1C(=O)NC2(CCNCC2)C1=O. The fourth-order valence-electron chi connectivity index (χ4n) is 2.53. The highest BCUT2D eigenvalue weighted by Crippen LogP contribution is 2.26. The van der Waals surface area contributed by atoms with Gasteiger partial charge in [-0.15, -0.1) is 0 Å². The van der Waals surface area contributed by atoms with Gasteiger partial charge in [0.05, 0.1) is 0 Å². The second-order valence-corrected chi connectivity index (χ2v) is 5.85. The molecule has 7 heteroatoms. The van der Waals surface area contributed by atoms with E-state index in [0.29, 0.717) is 38.4 Å². The third kappa shape index (κ3) is 2.92. The first-order valence-corrected chi connectivity index (χ1v) is 7.06. The molecule has 2 rings (SSSR count). The maximum atomic E-state index is 12.4. The predicted octanol–water partition coefficient (Wildman–Crippen LogP) is -0.567. The summed E-state index contributed by atoms with van der Waals surface area (Å²) in [5.74, 6) is -0.241. The Morgan fingerprint density at radius 3 is 2.60 bits per heavy atom. The molecule has 0 aromatic heterocycles. The van der Waals surface area contributed by atoms with E-state index >= 15 is 0 Å². The van der Waals surface area contributed by atoms with Crippen molar-refractivity contribution in [2.45, 2.75) is 32.2 Å². The molecule has 7 nitrogen and oxygen atoms in total. The summed E-state index contributed by atoms with van der Waals surface area (Å²) in [5.41, 5.74) is -0.805. The number of rotatable bonds is 4. The van der Waals surface area contributed by atoms with Gasteiger partial charge in [-0.25, -0.2) is 4.79 Å². The molecule has 2 aliphatic heterocycles. The van der Waals surface area contributed by atoms with E-state index in [4.69, 9.17) is 0 Å². The molecule has 1 spiro atoms. The number of carbonyl (C=O) groups is 3. The number of urea groups is 1. The van der Waals surface area contributed by atoms with Crippen LogP contribution in [-0.4, -0.2) is 54.5 Å². The monoisotopic (exact) mass is 282 g/mol. The molecule has 2 aliphatic rings. The van der Waals surface area contributed by atoms with Crippen LogP contribution in [0.4, 0.5) is 4.79 Å². The van der Waals surface area contributed by atoms with Crippen LogP contribution in [0.2, 0.25) is 0 Å². The highest BCUT2D eigenvalue weighted by atomic mass is 16.2. The molecule has 0 atom stereocenters. The zero-order chi connectivity index (χ0) is 14.8. The quantitative estimate of drug-likeness (QED) is 0.602. The number of piperidine rings is 1. The van der Waals surface area contributed by atoms with Gasteiger partial charge in [0.25, 0.3) is 5.91 Å². The van der Waals surface area contributed by atoms with Crippen molar-refractivity contribution in [3.63, 3.8) is 0 Å². The van der Waals surface area contributed by atoms with E-state index in [9.17, 15) is 14.4 Å². The molecule has 2 heterocycles. The van der Waals surface area contributed by atoms with Crippen LogP contribution in [0.15, 0.2) is 0 Å². The highest BCUT2D eigenvalue weighted by Gasteiger charge is 2.51. The molecule has 0 radical (unpaired) electrons. The van der Waals surface area contributed by atoms with E-state index in [1.54, 1.807) is 0 Å². The molecule has 4 amide bonds. The van der Waals surface area contributed by atoms with E-state index in [1.165, 1.54) is 0 Å². The first-order chi connectivity index (χ1) is 9.44. The molecule has 0 bridgehead atoms. The number of hydrogen-bond donors (Lipinski definition) is 3. The van der Waals surface area contributed by atoms with Crippen molar-refractivity contribution >= 4 is 17.8 Å². The van der Waals surface area contributed by atoms with Gasteiger partial charge in [-0.05, 0) is 31.8 Å². The number of hydrogen-bond acceptors (Lipinski definition) is 4. The zero-order valence-electron chi connectivity index (χ0n) is 12.0. The lowest BCUT2D eigenvalue weighted by Crippen LogP contribution is -2.54. The average Bonchev–Trinajstić information content (AvgIpc) is 2.62. The van der Waals surface area contributed by atoms with E-state index < -0.39 is 11.6 Å². The fraction of sp³-hybridized carbons (Fsp3) is 0.769. The summed E-state index contributed by atoms with van der Waals surface area (Å²) in [6, 6.07) is -0.461.